The normalized spacial score (nSPS) is 12.5. The molecule has 0 aliphatic carbocycles. The van der Waals surface area contributed by atoms with E-state index in [2.05, 4.69) is 25.8 Å². The Labute approximate surface area is 45.2 Å². The molecule has 2 heterocycles. The number of fused-ring (bicyclic) bond motifs is 2. The van der Waals surface area contributed by atoms with Crippen molar-refractivity contribution in [2.45, 2.75) is 0 Å². The van der Waals surface area contributed by atoms with E-state index in [9.17, 15) is 0 Å². The summed E-state index contributed by atoms with van der Waals surface area (Å²) >= 11 is 0. The maximum absolute atomic E-state index is 3.84. The van der Waals surface area contributed by atoms with Crippen LogP contribution >= 0.6 is 0 Å². The molecule has 0 aromatic carbocycles. The molecule has 2 N–H and O–H groups in total. The van der Waals surface area contributed by atoms with Crippen LogP contribution in [-0.2, 0) is 0 Å². The number of nitrogens with zero attached hydrogens (tertiary/aromatic N) is 3. The van der Waals surface area contributed by atoms with Crippen molar-refractivity contribution in [2.24, 2.45) is 0 Å². The number of hydrazine groups is 1. The Morgan fingerprint density at radius 3 is 2.25 bits per heavy atom. The molecule has 2 rings (SSSR count). The highest BCUT2D eigenvalue weighted by molar-refractivity contribution is 5.44. The van der Waals surface area contributed by atoms with Crippen molar-refractivity contribution in [3.63, 3.8) is 0 Å². The van der Waals surface area contributed by atoms with Crippen LogP contribution in [0.3, 0.4) is 0 Å². The molecule has 2 bridgehead atoms. The van der Waals surface area contributed by atoms with E-state index in [1.807, 2.05) is 0 Å². The first-order valence-electron chi connectivity index (χ1n) is 2.16. The van der Waals surface area contributed by atoms with E-state index in [4.69, 9.17) is 0 Å². The van der Waals surface area contributed by atoms with Crippen LogP contribution in [0.4, 0.5) is 11.9 Å². The van der Waals surface area contributed by atoms with Gasteiger partial charge >= 0.3 is 0 Å². The van der Waals surface area contributed by atoms with Crippen LogP contribution in [0.5, 0.6) is 0 Å². The van der Waals surface area contributed by atoms with E-state index >= 15 is 0 Å². The summed E-state index contributed by atoms with van der Waals surface area (Å²) in [5.41, 5.74) is 5.38. The molecule has 0 radical (unpaired) electrons. The molecular weight excluding hydrogens is 106 g/mol. The third-order valence-corrected chi connectivity index (χ3v) is 0.858. The molecular formula is C3H3N5. The number of anilines is 2. The minimum absolute atomic E-state index is 0.579. The van der Waals surface area contributed by atoms with E-state index in [0.717, 1.165) is 0 Å². The number of aromatic nitrogens is 3. The highest BCUT2D eigenvalue weighted by Gasteiger charge is 2.05. The van der Waals surface area contributed by atoms with Crippen LogP contribution in [0.2, 0.25) is 0 Å². The lowest BCUT2D eigenvalue weighted by atomic mass is 11.0. The van der Waals surface area contributed by atoms with Crippen molar-refractivity contribution in [1.29, 1.82) is 0 Å². The number of hydrogen-bond acceptors (Lipinski definition) is 5. The SMILES string of the molecule is c1nc2nc(n1)NN2. The largest absolute Gasteiger partial charge is 0.265 e. The highest BCUT2D eigenvalue weighted by atomic mass is 15.5. The summed E-state index contributed by atoms with van der Waals surface area (Å²) < 4.78 is 0. The molecule has 1 aliphatic heterocycles. The zero-order valence-electron chi connectivity index (χ0n) is 3.92. The zero-order valence-corrected chi connectivity index (χ0v) is 3.92. The Morgan fingerprint density at radius 1 is 1.12 bits per heavy atom. The van der Waals surface area contributed by atoms with E-state index in [1.54, 1.807) is 0 Å². The second kappa shape index (κ2) is 1.06. The monoisotopic (exact) mass is 109 g/mol. The zero-order chi connectivity index (χ0) is 5.40. The third-order valence-electron chi connectivity index (χ3n) is 0.858. The third kappa shape index (κ3) is 0.324. The molecule has 0 amide bonds. The quantitative estimate of drug-likeness (QED) is 0.475. The maximum atomic E-state index is 3.84. The summed E-state index contributed by atoms with van der Waals surface area (Å²) in [7, 11) is 0. The number of nitrogens with one attached hydrogen (secondary N) is 2. The smallest absolute Gasteiger partial charge is 0.246 e. The lowest BCUT2D eigenvalue weighted by molar-refractivity contribution is 1.12. The lowest BCUT2D eigenvalue weighted by Gasteiger charge is -1.85. The number of hydrogen-bond donors (Lipinski definition) is 2. The molecule has 8 heavy (non-hydrogen) atoms. The van der Waals surface area contributed by atoms with E-state index in [-0.39, 0.29) is 0 Å². The minimum atomic E-state index is 0.579. The molecule has 0 spiro atoms. The summed E-state index contributed by atoms with van der Waals surface area (Å²) in [5.74, 6) is 1.16. The summed E-state index contributed by atoms with van der Waals surface area (Å²) in [6.45, 7) is 0. The van der Waals surface area contributed by atoms with E-state index in [0.29, 0.717) is 11.9 Å². The van der Waals surface area contributed by atoms with Crippen molar-refractivity contribution >= 4 is 11.9 Å². The van der Waals surface area contributed by atoms with Gasteiger partial charge in [0.25, 0.3) is 0 Å². The van der Waals surface area contributed by atoms with Gasteiger partial charge in [0, 0.05) is 0 Å². The van der Waals surface area contributed by atoms with Gasteiger partial charge in [0.05, 0.1) is 0 Å². The Morgan fingerprint density at radius 2 is 1.75 bits per heavy atom. The fourth-order valence-corrected chi connectivity index (χ4v) is 0.529. The molecule has 0 fully saturated rings. The van der Waals surface area contributed by atoms with Gasteiger partial charge < -0.3 is 0 Å². The first kappa shape index (κ1) is 3.59. The molecule has 0 unspecified atom stereocenters. The average molecular weight is 109 g/mol. The van der Waals surface area contributed by atoms with Gasteiger partial charge in [0.15, 0.2) is 0 Å². The first-order chi connectivity index (χ1) is 3.95. The van der Waals surface area contributed by atoms with Gasteiger partial charge in [0.2, 0.25) is 11.9 Å². The average Bonchev–Trinajstić information content (AvgIpc) is 2.12. The van der Waals surface area contributed by atoms with Crippen molar-refractivity contribution in [3.05, 3.63) is 6.33 Å². The van der Waals surface area contributed by atoms with Crippen molar-refractivity contribution in [1.82, 2.24) is 15.0 Å². The van der Waals surface area contributed by atoms with Crippen LogP contribution in [0.1, 0.15) is 0 Å². The van der Waals surface area contributed by atoms with Crippen molar-refractivity contribution < 1.29 is 0 Å². The lowest BCUT2D eigenvalue weighted by Crippen LogP contribution is -2.00. The van der Waals surface area contributed by atoms with Gasteiger partial charge in [-0.25, -0.2) is 0 Å². The Bertz CT molecular complexity index is 189. The van der Waals surface area contributed by atoms with Crippen molar-refractivity contribution in [3.8, 4) is 0 Å². The van der Waals surface area contributed by atoms with Crippen LogP contribution < -0.4 is 10.9 Å². The molecule has 0 saturated carbocycles. The molecule has 5 heteroatoms. The predicted molar refractivity (Wildman–Crippen MR) is 27.1 cm³/mol. The second-order valence-electron chi connectivity index (χ2n) is 1.38. The van der Waals surface area contributed by atoms with Crippen molar-refractivity contribution in [2.75, 3.05) is 10.9 Å². The summed E-state index contributed by atoms with van der Waals surface area (Å²) in [5, 5.41) is 0. The molecule has 1 aromatic heterocycles. The molecule has 1 aliphatic rings. The molecule has 40 valence electrons. The molecule has 0 saturated heterocycles. The number of rotatable bonds is 0. The van der Waals surface area contributed by atoms with Crippen LogP contribution in [0.15, 0.2) is 6.33 Å². The highest BCUT2D eigenvalue weighted by Crippen LogP contribution is 2.06. The van der Waals surface area contributed by atoms with E-state index < -0.39 is 0 Å². The predicted octanol–water partition coefficient (Wildman–Crippen LogP) is -0.376. The Balaban J connectivity index is 2.66. The van der Waals surface area contributed by atoms with Crippen LogP contribution in [-0.4, -0.2) is 15.0 Å². The van der Waals surface area contributed by atoms with Gasteiger partial charge in [-0.3, -0.25) is 10.9 Å². The fraction of sp³-hybridized carbons (Fsp3) is 0. The Hall–Kier alpha value is -1.39. The standard InChI is InChI=1S/C3H3N5/c1-4-2-6-3(5-1)8-7-2/h1H,(H2,4,5,6,7,8). The second-order valence-corrected chi connectivity index (χ2v) is 1.38. The fourth-order valence-electron chi connectivity index (χ4n) is 0.529. The van der Waals surface area contributed by atoms with Crippen LogP contribution in [0, 0.1) is 0 Å². The van der Waals surface area contributed by atoms with Gasteiger partial charge in [-0.15, -0.1) is 0 Å². The van der Waals surface area contributed by atoms with Gasteiger partial charge in [-0.2, -0.15) is 15.0 Å². The molecule has 0 atom stereocenters. The summed E-state index contributed by atoms with van der Waals surface area (Å²) in [4.78, 5) is 11.3. The van der Waals surface area contributed by atoms with Gasteiger partial charge in [-0.1, -0.05) is 0 Å². The van der Waals surface area contributed by atoms with Gasteiger partial charge in [0.1, 0.15) is 6.33 Å². The summed E-state index contributed by atoms with van der Waals surface area (Å²) in [6.07, 6.45) is 1.45. The summed E-state index contributed by atoms with van der Waals surface area (Å²) in [6, 6.07) is 0. The Kier molecular flexibility index (Phi) is 0.476. The van der Waals surface area contributed by atoms with E-state index in [1.165, 1.54) is 6.33 Å². The minimum Gasteiger partial charge on any atom is -0.265 e. The molecule has 5 nitrogen and oxygen atoms in total. The van der Waals surface area contributed by atoms with Gasteiger partial charge in [-0.05, 0) is 0 Å². The van der Waals surface area contributed by atoms with Crippen LogP contribution in [0.25, 0.3) is 0 Å². The molecule has 1 aromatic rings. The maximum Gasteiger partial charge on any atom is 0.246 e. The topological polar surface area (TPSA) is 62.7 Å². The first-order valence-corrected chi connectivity index (χ1v) is 2.16.